The number of hydrogen-bond acceptors (Lipinski definition) is 4. The van der Waals surface area contributed by atoms with Crippen LogP contribution in [0.25, 0.3) is 0 Å². The Morgan fingerprint density at radius 1 is 1.30 bits per heavy atom. The predicted octanol–water partition coefficient (Wildman–Crippen LogP) is 2.38. The molecule has 0 aromatic rings. The van der Waals surface area contributed by atoms with Gasteiger partial charge in [-0.15, -0.1) is 0 Å². The van der Waals surface area contributed by atoms with Crippen LogP contribution in [0.3, 0.4) is 0 Å². The van der Waals surface area contributed by atoms with Gasteiger partial charge in [-0.25, -0.2) is 4.79 Å². The normalized spacial score (nSPS) is 28.7. The summed E-state index contributed by atoms with van der Waals surface area (Å²) in [5, 5.41) is 3.76. The third-order valence-corrected chi connectivity index (χ3v) is 5.15. The van der Waals surface area contributed by atoms with Crippen molar-refractivity contribution in [2.45, 2.75) is 64.1 Å². The third-order valence-electron chi connectivity index (χ3n) is 5.15. The molecule has 0 spiro atoms. The summed E-state index contributed by atoms with van der Waals surface area (Å²) in [7, 11) is 0. The van der Waals surface area contributed by atoms with Crippen molar-refractivity contribution in [3.8, 4) is 0 Å². The molecule has 0 bridgehead atoms. The number of amides is 1. The lowest BCUT2D eigenvalue weighted by Gasteiger charge is -2.30. The maximum absolute atomic E-state index is 12.1. The summed E-state index contributed by atoms with van der Waals surface area (Å²) in [6.07, 6.45) is 6.94. The number of nitrogens with one attached hydrogen (secondary N) is 1. The minimum Gasteiger partial charge on any atom is -0.444 e. The summed E-state index contributed by atoms with van der Waals surface area (Å²) in [4.78, 5) is 16.5. The summed E-state index contributed by atoms with van der Waals surface area (Å²) in [6, 6.07) is 1.42. The van der Waals surface area contributed by atoms with Gasteiger partial charge < -0.3 is 15.0 Å². The first-order chi connectivity index (χ1) is 10.9. The molecule has 3 rings (SSSR count). The van der Waals surface area contributed by atoms with Gasteiger partial charge >= 0.3 is 6.09 Å². The molecular formula is C18H31N3O2. The summed E-state index contributed by atoms with van der Waals surface area (Å²) in [6.45, 7) is 10.7. The van der Waals surface area contributed by atoms with E-state index >= 15 is 0 Å². The number of nitrogens with zero attached hydrogens (tertiary/aromatic N) is 2. The molecule has 2 saturated heterocycles. The van der Waals surface area contributed by atoms with Crippen LogP contribution in [-0.2, 0) is 4.74 Å². The van der Waals surface area contributed by atoms with Crippen molar-refractivity contribution in [3.63, 3.8) is 0 Å². The molecule has 0 aliphatic carbocycles. The van der Waals surface area contributed by atoms with Crippen molar-refractivity contribution in [1.29, 1.82) is 0 Å². The molecule has 0 aromatic heterocycles. The minimum absolute atomic E-state index is 0.196. The molecule has 3 aliphatic heterocycles. The standard InChI is InChI=1S/C18H31N3O2/c1-18(2,3)23-17(22)21-10-6-14(7-11-21)13-19-15-8-12-20-9-4-5-16(15)20/h6,15-16,19H,4-5,7-13H2,1-3H3. The number of hydrogen-bond donors (Lipinski definition) is 1. The van der Waals surface area contributed by atoms with Gasteiger partial charge in [0.1, 0.15) is 5.60 Å². The van der Waals surface area contributed by atoms with Crippen molar-refractivity contribution in [2.75, 3.05) is 32.7 Å². The minimum atomic E-state index is -0.418. The highest BCUT2D eigenvalue weighted by Crippen LogP contribution is 2.28. The fraction of sp³-hybridized carbons (Fsp3) is 0.833. The number of fused-ring (bicyclic) bond motifs is 1. The molecule has 1 amide bonds. The number of rotatable bonds is 3. The predicted molar refractivity (Wildman–Crippen MR) is 91.5 cm³/mol. The molecule has 130 valence electrons. The van der Waals surface area contributed by atoms with Gasteiger partial charge in [-0.05, 0) is 53.0 Å². The zero-order valence-electron chi connectivity index (χ0n) is 14.8. The van der Waals surface area contributed by atoms with Crippen LogP contribution in [0.2, 0.25) is 0 Å². The average Bonchev–Trinajstić information content (AvgIpc) is 3.07. The monoisotopic (exact) mass is 321 g/mol. The highest BCUT2D eigenvalue weighted by molar-refractivity contribution is 5.68. The topological polar surface area (TPSA) is 44.8 Å². The summed E-state index contributed by atoms with van der Waals surface area (Å²) >= 11 is 0. The lowest BCUT2D eigenvalue weighted by molar-refractivity contribution is 0.0265. The lowest BCUT2D eigenvalue weighted by Crippen LogP contribution is -2.42. The van der Waals surface area contributed by atoms with E-state index in [-0.39, 0.29) is 6.09 Å². The lowest BCUT2D eigenvalue weighted by atomic mass is 10.0. The fourth-order valence-electron chi connectivity index (χ4n) is 3.95. The quantitative estimate of drug-likeness (QED) is 0.811. The van der Waals surface area contributed by atoms with E-state index in [0.29, 0.717) is 12.6 Å². The van der Waals surface area contributed by atoms with Crippen LogP contribution in [0, 0.1) is 0 Å². The van der Waals surface area contributed by atoms with Gasteiger partial charge in [0.25, 0.3) is 0 Å². The largest absolute Gasteiger partial charge is 0.444 e. The summed E-state index contributed by atoms with van der Waals surface area (Å²) in [5.41, 5.74) is 1.01. The van der Waals surface area contributed by atoms with E-state index in [1.807, 2.05) is 20.8 Å². The van der Waals surface area contributed by atoms with Crippen molar-refractivity contribution >= 4 is 6.09 Å². The van der Waals surface area contributed by atoms with E-state index in [1.54, 1.807) is 4.90 Å². The molecule has 1 N–H and O–H groups in total. The van der Waals surface area contributed by atoms with Gasteiger partial charge in [-0.2, -0.15) is 0 Å². The molecule has 3 aliphatic rings. The van der Waals surface area contributed by atoms with Crippen molar-refractivity contribution < 1.29 is 9.53 Å². The SMILES string of the molecule is CC(C)(C)OC(=O)N1CC=C(CNC2CCN3CCCC23)CC1. The second-order valence-electron chi connectivity index (χ2n) is 8.06. The Hall–Kier alpha value is -1.07. The number of ether oxygens (including phenoxy) is 1. The van der Waals surface area contributed by atoms with Gasteiger partial charge in [0.05, 0.1) is 0 Å². The van der Waals surface area contributed by atoms with Crippen molar-refractivity contribution in [3.05, 3.63) is 11.6 Å². The molecule has 0 radical (unpaired) electrons. The summed E-state index contributed by atoms with van der Waals surface area (Å²) in [5.74, 6) is 0. The highest BCUT2D eigenvalue weighted by atomic mass is 16.6. The summed E-state index contributed by atoms with van der Waals surface area (Å²) < 4.78 is 5.44. The van der Waals surface area contributed by atoms with Gasteiger partial charge in [0.15, 0.2) is 0 Å². The number of carbonyl (C=O) groups is 1. The van der Waals surface area contributed by atoms with E-state index in [9.17, 15) is 4.79 Å². The second-order valence-corrected chi connectivity index (χ2v) is 8.06. The van der Waals surface area contributed by atoms with E-state index in [4.69, 9.17) is 4.74 Å². The highest BCUT2D eigenvalue weighted by Gasteiger charge is 2.36. The second kappa shape index (κ2) is 6.81. The Balaban J connectivity index is 1.43. The van der Waals surface area contributed by atoms with E-state index < -0.39 is 5.60 Å². The Kier molecular flexibility index (Phi) is 4.97. The van der Waals surface area contributed by atoms with Crippen LogP contribution in [0.5, 0.6) is 0 Å². The third kappa shape index (κ3) is 4.27. The maximum atomic E-state index is 12.1. The Labute approximate surface area is 140 Å². The van der Waals surface area contributed by atoms with Crippen molar-refractivity contribution in [1.82, 2.24) is 15.1 Å². The Morgan fingerprint density at radius 2 is 2.13 bits per heavy atom. The van der Waals surface area contributed by atoms with Gasteiger partial charge in [-0.3, -0.25) is 4.90 Å². The first-order valence-corrected chi connectivity index (χ1v) is 9.06. The van der Waals surface area contributed by atoms with E-state index in [2.05, 4.69) is 16.3 Å². The Morgan fingerprint density at radius 3 is 2.83 bits per heavy atom. The van der Waals surface area contributed by atoms with Crippen LogP contribution in [0.4, 0.5) is 4.79 Å². The van der Waals surface area contributed by atoms with Gasteiger partial charge in [-0.1, -0.05) is 11.6 Å². The van der Waals surface area contributed by atoms with Gasteiger partial charge in [0.2, 0.25) is 0 Å². The Bertz CT molecular complexity index is 469. The van der Waals surface area contributed by atoms with Gasteiger partial charge in [0, 0.05) is 38.3 Å². The molecule has 0 saturated carbocycles. The first-order valence-electron chi connectivity index (χ1n) is 9.06. The van der Waals surface area contributed by atoms with E-state index in [0.717, 1.165) is 25.6 Å². The molecule has 2 atom stereocenters. The molecule has 3 heterocycles. The zero-order valence-corrected chi connectivity index (χ0v) is 14.8. The molecule has 2 unspecified atom stereocenters. The van der Waals surface area contributed by atoms with E-state index in [1.165, 1.54) is 37.9 Å². The zero-order chi connectivity index (χ0) is 16.4. The smallest absolute Gasteiger partial charge is 0.410 e. The molecule has 5 heteroatoms. The van der Waals surface area contributed by atoms with Crippen molar-refractivity contribution in [2.24, 2.45) is 0 Å². The first kappa shape index (κ1) is 16.8. The van der Waals surface area contributed by atoms with Crippen LogP contribution in [0.1, 0.15) is 46.5 Å². The molecule has 0 aromatic carbocycles. The average molecular weight is 321 g/mol. The number of carbonyl (C=O) groups excluding carboxylic acids is 1. The van der Waals surface area contributed by atoms with Crippen LogP contribution in [0.15, 0.2) is 11.6 Å². The molecule has 23 heavy (non-hydrogen) atoms. The maximum Gasteiger partial charge on any atom is 0.410 e. The van der Waals surface area contributed by atoms with Crippen LogP contribution >= 0.6 is 0 Å². The molecule has 5 nitrogen and oxygen atoms in total. The van der Waals surface area contributed by atoms with Crippen LogP contribution in [-0.4, -0.2) is 66.3 Å². The fourth-order valence-corrected chi connectivity index (χ4v) is 3.95. The van der Waals surface area contributed by atoms with Crippen LogP contribution < -0.4 is 5.32 Å². The molecular weight excluding hydrogens is 290 g/mol. The molecule has 2 fully saturated rings.